The fraction of sp³-hybridized carbons (Fsp3) is 0.458. The lowest BCUT2D eigenvalue weighted by molar-refractivity contribution is -0.416. The van der Waals surface area contributed by atoms with Crippen molar-refractivity contribution in [2.75, 3.05) is 26.7 Å². The van der Waals surface area contributed by atoms with E-state index in [-0.39, 0.29) is 6.09 Å². The summed E-state index contributed by atoms with van der Waals surface area (Å²) in [5.41, 5.74) is 0.841. The van der Waals surface area contributed by atoms with Crippen LogP contribution in [-0.2, 0) is 4.74 Å². The number of hydroxylamine groups is 1. The number of likely N-dealkylation sites (tertiary alicyclic amines) is 1. The van der Waals surface area contributed by atoms with Gasteiger partial charge in [-0.2, -0.15) is 0 Å². The van der Waals surface area contributed by atoms with Crippen molar-refractivity contribution in [1.29, 1.82) is 0 Å². The molecule has 32 heavy (non-hydrogen) atoms. The van der Waals surface area contributed by atoms with Gasteiger partial charge in [0, 0.05) is 24.2 Å². The molecule has 1 fully saturated rings. The Hall–Kier alpha value is -3.16. The number of hydrogen-bond acceptors (Lipinski definition) is 5. The summed E-state index contributed by atoms with van der Waals surface area (Å²) < 4.78 is 26.3. The van der Waals surface area contributed by atoms with Gasteiger partial charge in [0.15, 0.2) is 6.21 Å². The highest BCUT2D eigenvalue weighted by molar-refractivity contribution is 5.77. The van der Waals surface area contributed by atoms with Crippen LogP contribution in [0, 0.1) is 16.9 Å². The first kappa shape index (κ1) is 23.5. The molecule has 1 aromatic carbocycles. The molecule has 0 saturated carbocycles. The van der Waals surface area contributed by atoms with E-state index in [2.05, 4.69) is 4.98 Å². The number of piperidine rings is 1. The molecule has 0 N–H and O–H groups in total. The molecule has 0 spiro atoms. The lowest BCUT2D eigenvalue weighted by Crippen LogP contribution is -2.42. The number of pyridine rings is 1. The summed E-state index contributed by atoms with van der Waals surface area (Å²) in [6, 6.07) is 8.05. The highest BCUT2D eigenvalue weighted by atomic mass is 19.1. The maximum Gasteiger partial charge on any atom is 0.410 e. The molecule has 2 aromatic rings. The number of carbonyl (C=O) groups excluding carboxylic acids is 1. The first-order chi connectivity index (χ1) is 15.1. The third-order valence-corrected chi connectivity index (χ3v) is 5.09. The average Bonchev–Trinajstić information content (AvgIpc) is 2.71. The van der Waals surface area contributed by atoms with Crippen LogP contribution >= 0.6 is 0 Å². The lowest BCUT2D eigenvalue weighted by atomic mass is 9.98. The number of benzene rings is 1. The van der Waals surface area contributed by atoms with Crippen LogP contribution in [0.1, 0.15) is 39.2 Å². The molecule has 2 heterocycles. The number of rotatable bonds is 5. The zero-order valence-corrected chi connectivity index (χ0v) is 19.0. The maximum absolute atomic E-state index is 14.4. The molecule has 1 amide bonds. The number of carbonyl (C=O) groups is 1. The Morgan fingerprint density at radius 1 is 1.28 bits per heavy atom. The monoisotopic (exact) mass is 443 g/mol. The zero-order valence-electron chi connectivity index (χ0n) is 19.0. The Labute approximate surface area is 188 Å². The van der Waals surface area contributed by atoms with Gasteiger partial charge in [-0.15, -0.1) is 0 Å². The van der Waals surface area contributed by atoms with Crippen LogP contribution in [0.25, 0.3) is 11.3 Å². The molecule has 0 bridgehead atoms. The highest BCUT2D eigenvalue weighted by Crippen LogP contribution is 2.25. The van der Waals surface area contributed by atoms with E-state index in [4.69, 9.17) is 9.47 Å². The van der Waals surface area contributed by atoms with Crippen LogP contribution < -0.4 is 4.74 Å². The summed E-state index contributed by atoms with van der Waals surface area (Å²) in [6.07, 6.45) is 4.30. The first-order valence-corrected chi connectivity index (χ1v) is 10.7. The van der Waals surface area contributed by atoms with Gasteiger partial charge in [-0.3, -0.25) is 4.98 Å². The fourth-order valence-electron chi connectivity index (χ4n) is 3.48. The first-order valence-electron chi connectivity index (χ1n) is 10.7. The minimum absolute atomic E-state index is 0.269. The maximum atomic E-state index is 14.4. The SMILES string of the molecule is C/[N+]([O-])=C/c1ccc(-c2ccc(OCC3CCN(C(=O)OC(C)(C)C)CC3)cn2)c(F)c1. The summed E-state index contributed by atoms with van der Waals surface area (Å²) in [5, 5.41) is 11.1. The molecule has 7 nitrogen and oxygen atoms in total. The van der Waals surface area contributed by atoms with Gasteiger partial charge in [-0.05, 0) is 69.9 Å². The molecule has 0 atom stereocenters. The van der Waals surface area contributed by atoms with Crippen molar-refractivity contribution < 1.29 is 23.4 Å². The molecule has 1 aliphatic rings. The summed E-state index contributed by atoms with van der Waals surface area (Å²) in [7, 11) is 1.34. The van der Waals surface area contributed by atoms with Crippen LogP contribution in [0.3, 0.4) is 0 Å². The Morgan fingerprint density at radius 3 is 2.56 bits per heavy atom. The van der Waals surface area contributed by atoms with Gasteiger partial charge in [0.1, 0.15) is 24.2 Å². The third-order valence-electron chi connectivity index (χ3n) is 5.09. The van der Waals surface area contributed by atoms with Crippen LogP contribution in [0.4, 0.5) is 9.18 Å². The molecule has 0 radical (unpaired) electrons. The van der Waals surface area contributed by atoms with Crippen LogP contribution in [-0.4, -0.2) is 59.3 Å². The van der Waals surface area contributed by atoms with E-state index < -0.39 is 11.4 Å². The molecule has 172 valence electrons. The molecule has 1 saturated heterocycles. The summed E-state index contributed by atoms with van der Waals surface area (Å²) in [5.74, 6) is 0.508. The van der Waals surface area contributed by atoms with Gasteiger partial charge in [0.2, 0.25) is 0 Å². The number of nitrogens with zero attached hydrogens (tertiary/aromatic N) is 3. The van der Waals surface area contributed by atoms with Crippen molar-refractivity contribution in [3.05, 3.63) is 53.1 Å². The number of aromatic nitrogens is 1. The van der Waals surface area contributed by atoms with Crippen molar-refractivity contribution in [2.45, 2.75) is 39.2 Å². The van der Waals surface area contributed by atoms with Gasteiger partial charge in [-0.25, -0.2) is 13.9 Å². The lowest BCUT2D eigenvalue weighted by Gasteiger charge is -2.33. The van der Waals surface area contributed by atoms with Crippen LogP contribution in [0.2, 0.25) is 0 Å². The van der Waals surface area contributed by atoms with E-state index in [1.165, 1.54) is 19.3 Å². The third kappa shape index (κ3) is 6.67. The fourth-order valence-corrected chi connectivity index (χ4v) is 3.48. The number of halogens is 1. The second-order valence-electron chi connectivity index (χ2n) is 9.02. The van der Waals surface area contributed by atoms with E-state index in [0.29, 0.717) is 52.9 Å². The molecule has 0 aliphatic carbocycles. The molecule has 8 heteroatoms. The van der Waals surface area contributed by atoms with Crippen molar-refractivity contribution in [3.8, 4) is 17.0 Å². The summed E-state index contributed by atoms with van der Waals surface area (Å²) >= 11 is 0. The van der Waals surface area contributed by atoms with E-state index in [1.807, 2.05) is 20.8 Å². The van der Waals surface area contributed by atoms with Crippen molar-refractivity contribution in [3.63, 3.8) is 0 Å². The normalized spacial score (nSPS) is 15.5. The molecular weight excluding hydrogens is 413 g/mol. The Bertz CT molecular complexity index is 958. The second-order valence-corrected chi connectivity index (χ2v) is 9.02. The standard InChI is InChI=1S/C24H30FN3O4/c1-24(2,3)32-23(29)28-11-9-17(10-12-28)16-31-19-6-8-22(26-14-19)20-7-5-18(13-21(20)25)15-27(4)30/h5-8,13-15,17H,9-12,16H2,1-4H3/b27-15-. The zero-order chi connectivity index (χ0) is 23.3. The van der Waals surface area contributed by atoms with Gasteiger partial charge >= 0.3 is 6.09 Å². The van der Waals surface area contributed by atoms with E-state index in [0.717, 1.165) is 12.8 Å². The number of ether oxygens (including phenoxy) is 2. The van der Waals surface area contributed by atoms with E-state index >= 15 is 0 Å². The Kier molecular flexibility index (Phi) is 7.33. The van der Waals surface area contributed by atoms with Crippen molar-refractivity contribution in [1.82, 2.24) is 9.88 Å². The summed E-state index contributed by atoms with van der Waals surface area (Å²) in [4.78, 5) is 18.2. The largest absolute Gasteiger partial charge is 0.624 e. The Morgan fingerprint density at radius 2 is 2.00 bits per heavy atom. The predicted molar refractivity (Wildman–Crippen MR) is 120 cm³/mol. The van der Waals surface area contributed by atoms with Crippen LogP contribution in [0.5, 0.6) is 5.75 Å². The van der Waals surface area contributed by atoms with Crippen molar-refractivity contribution >= 4 is 12.3 Å². The minimum atomic E-state index is -0.493. The van der Waals surface area contributed by atoms with Gasteiger partial charge in [-0.1, -0.05) is 0 Å². The second kappa shape index (κ2) is 9.97. The van der Waals surface area contributed by atoms with Gasteiger partial charge < -0.3 is 19.6 Å². The quantitative estimate of drug-likeness (QED) is 0.295. The molecule has 1 aliphatic heterocycles. The van der Waals surface area contributed by atoms with E-state index in [1.54, 1.807) is 35.4 Å². The van der Waals surface area contributed by atoms with Gasteiger partial charge in [0.05, 0.1) is 18.5 Å². The smallest absolute Gasteiger partial charge is 0.410 e. The number of hydrogen-bond donors (Lipinski definition) is 0. The minimum Gasteiger partial charge on any atom is -0.624 e. The van der Waals surface area contributed by atoms with Gasteiger partial charge in [0.25, 0.3) is 0 Å². The molecule has 3 rings (SSSR count). The Balaban J connectivity index is 1.51. The topological polar surface area (TPSA) is 77.7 Å². The highest BCUT2D eigenvalue weighted by Gasteiger charge is 2.27. The van der Waals surface area contributed by atoms with Crippen molar-refractivity contribution in [2.24, 2.45) is 5.92 Å². The number of amides is 1. The molecular formula is C24H30FN3O4. The molecule has 0 unspecified atom stereocenters. The predicted octanol–water partition coefficient (Wildman–Crippen LogP) is 4.47. The average molecular weight is 444 g/mol. The van der Waals surface area contributed by atoms with Crippen LogP contribution in [0.15, 0.2) is 36.5 Å². The molecule has 1 aromatic heterocycles. The summed E-state index contributed by atoms with van der Waals surface area (Å²) in [6.45, 7) is 7.41. The van der Waals surface area contributed by atoms with E-state index in [9.17, 15) is 14.4 Å².